The van der Waals surface area contributed by atoms with Crippen molar-refractivity contribution in [1.82, 2.24) is 5.32 Å². The van der Waals surface area contributed by atoms with Crippen molar-refractivity contribution >= 4 is 5.97 Å². The molecule has 0 amide bonds. The zero-order chi connectivity index (χ0) is 10.8. The summed E-state index contributed by atoms with van der Waals surface area (Å²) in [6.45, 7) is 6.41. The average Bonchev–Trinajstić information content (AvgIpc) is 2.83. The van der Waals surface area contributed by atoms with Gasteiger partial charge in [0.2, 0.25) is 0 Å². The van der Waals surface area contributed by atoms with E-state index in [1.54, 1.807) is 0 Å². The highest BCUT2D eigenvalue weighted by Crippen LogP contribution is 2.25. The van der Waals surface area contributed by atoms with E-state index in [-0.39, 0.29) is 17.4 Å². The second-order valence-corrected chi connectivity index (χ2v) is 5.28. The standard InChI is InChI=1S/C11H21NO2/c1-11(2,3)7-9(10(13)14-4)12-8-5-6-8/h8-9,12H,5-7H2,1-4H3. The number of ether oxygens (including phenoxy) is 1. The molecule has 0 aromatic heterocycles. The quantitative estimate of drug-likeness (QED) is 0.701. The van der Waals surface area contributed by atoms with Crippen LogP contribution in [0, 0.1) is 5.41 Å². The van der Waals surface area contributed by atoms with Gasteiger partial charge in [-0.05, 0) is 24.7 Å². The van der Waals surface area contributed by atoms with Crippen LogP contribution in [0.4, 0.5) is 0 Å². The number of rotatable bonds is 4. The predicted octanol–water partition coefficient (Wildman–Crippen LogP) is 1.72. The van der Waals surface area contributed by atoms with Gasteiger partial charge in [0.05, 0.1) is 7.11 Å². The van der Waals surface area contributed by atoms with Crippen LogP contribution in [0.25, 0.3) is 0 Å². The lowest BCUT2D eigenvalue weighted by Gasteiger charge is -2.25. The van der Waals surface area contributed by atoms with Gasteiger partial charge < -0.3 is 10.1 Å². The van der Waals surface area contributed by atoms with Crippen molar-refractivity contribution in [2.45, 2.75) is 52.1 Å². The van der Waals surface area contributed by atoms with E-state index < -0.39 is 0 Å². The van der Waals surface area contributed by atoms with Crippen LogP contribution in [-0.4, -0.2) is 25.2 Å². The molecule has 1 unspecified atom stereocenters. The van der Waals surface area contributed by atoms with E-state index >= 15 is 0 Å². The molecule has 1 atom stereocenters. The van der Waals surface area contributed by atoms with Crippen LogP contribution in [0.1, 0.15) is 40.0 Å². The number of hydrogen-bond donors (Lipinski definition) is 1. The SMILES string of the molecule is COC(=O)C(CC(C)(C)C)NC1CC1. The van der Waals surface area contributed by atoms with E-state index in [9.17, 15) is 4.79 Å². The Morgan fingerprint density at radius 3 is 2.43 bits per heavy atom. The van der Waals surface area contributed by atoms with Gasteiger partial charge in [-0.25, -0.2) is 0 Å². The smallest absolute Gasteiger partial charge is 0.322 e. The molecule has 0 aromatic rings. The van der Waals surface area contributed by atoms with Crippen LogP contribution < -0.4 is 5.32 Å². The summed E-state index contributed by atoms with van der Waals surface area (Å²) in [6, 6.07) is 0.411. The Labute approximate surface area is 86.2 Å². The molecule has 3 nitrogen and oxygen atoms in total. The van der Waals surface area contributed by atoms with Gasteiger partial charge in [-0.3, -0.25) is 4.79 Å². The van der Waals surface area contributed by atoms with Crippen molar-refractivity contribution in [1.29, 1.82) is 0 Å². The first kappa shape index (κ1) is 11.5. The van der Waals surface area contributed by atoms with E-state index in [1.807, 2.05) is 0 Å². The van der Waals surface area contributed by atoms with E-state index in [1.165, 1.54) is 20.0 Å². The third kappa shape index (κ3) is 4.09. The van der Waals surface area contributed by atoms with E-state index in [0.29, 0.717) is 6.04 Å². The molecule has 14 heavy (non-hydrogen) atoms. The summed E-state index contributed by atoms with van der Waals surface area (Å²) in [5, 5.41) is 3.32. The molecule has 0 heterocycles. The molecule has 3 heteroatoms. The summed E-state index contributed by atoms with van der Waals surface area (Å²) < 4.78 is 4.79. The first-order valence-corrected chi connectivity index (χ1v) is 5.26. The Morgan fingerprint density at radius 2 is 2.07 bits per heavy atom. The molecule has 0 radical (unpaired) electrons. The molecule has 0 aliphatic heterocycles. The fourth-order valence-corrected chi connectivity index (χ4v) is 1.50. The van der Waals surface area contributed by atoms with Crippen molar-refractivity contribution in [3.63, 3.8) is 0 Å². The molecule has 0 saturated heterocycles. The maximum absolute atomic E-state index is 11.5. The fraction of sp³-hybridized carbons (Fsp3) is 0.909. The monoisotopic (exact) mass is 199 g/mol. The number of esters is 1. The molecule has 1 saturated carbocycles. The predicted molar refractivity (Wildman–Crippen MR) is 56.0 cm³/mol. The third-order valence-electron chi connectivity index (χ3n) is 2.32. The molecule has 1 aliphatic rings. The number of nitrogens with one attached hydrogen (secondary N) is 1. The first-order chi connectivity index (χ1) is 6.42. The summed E-state index contributed by atoms with van der Waals surface area (Å²) in [6.07, 6.45) is 3.21. The Hall–Kier alpha value is -0.570. The molecular weight excluding hydrogens is 178 g/mol. The Morgan fingerprint density at radius 1 is 1.50 bits per heavy atom. The van der Waals surface area contributed by atoms with E-state index in [4.69, 9.17) is 4.74 Å². The minimum atomic E-state index is -0.133. The number of carbonyl (C=O) groups is 1. The summed E-state index contributed by atoms with van der Waals surface area (Å²) in [4.78, 5) is 11.5. The molecule has 1 aliphatic carbocycles. The van der Waals surface area contributed by atoms with Crippen molar-refractivity contribution in [2.24, 2.45) is 5.41 Å². The summed E-state index contributed by atoms with van der Waals surface area (Å²) >= 11 is 0. The second-order valence-electron chi connectivity index (χ2n) is 5.28. The highest BCUT2D eigenvalue weighted by molar-refractivity contribution is 5.75. The number of hydrogen-bond acceptors (Lipinski definition) is 3. The largest absolute Gasteiger partial charge is 0.468 e. The van der Waals surface area contributed by atoms with E-state index in [2.05, 4.69) is 26.1 Å². The second kappa shape index (κ2) is 4.30. The number of carbonyl (C=O) groups excluding carboxylic acids is 1. The average molecular weight is 199 g/mol. The Balaban J connectivity index is 2.46. The molecule has 0 spiro atoms. The molecule has 1 fully saturated rings. The molecule has 0 bridgehead atoms. The van der Waals surface area contributed by atoms with Crippen LogP contribution in [0.5, 0.6) is 0 Å². The normalized spacial score (nSPS) is 19.1. The molecular formula is C11H21NO2. The lowest BCUT2D eigenvalue weighted by atomic mass is 9.88. The lowest BCUT2D eigenvalue weighted by Crippen LogP contribution is -2.41. The molecule has 1 rings (SSSR count). The maximum atomic E-state index is 11.5. The highest BCUT2D eigenvalue weighted by Gasteiger charge is 2.31. The third-order valence-corrected chi connectivity index (χ3v) is 2.32. The van der Waals surface area contributed by atoms with Gasteiger partial charge in [0.25, 0.3) is 0 Å². The van der Waals surface area contributed by atoms with Gasteiger partial charge in [0.15, 0.2) is 0 Å². The van der Waals surface area contributed by atoms with Gasteiger partial charge in [0.1, 0.15) is 6.04 Å². The van der Waals surface area contributed by atoms with Crippen LogP contribution in [0.15, 0.2) is 0 Å². The van der Waals surface area contributed by atoms with Gasteiger partial charge in [-0.1, -0.05) is 20.8 Å². The van der Waals surface area contributed by atoms with Gasteiger partial charge >= 0.3 is 5.97 Å². The Bertz CT molecular complexity index is 204. The van der Waals surface area contributed by atoms with Crippen LogP contribution >= 0.6 is 0 Å². The van der Waals surface area contributed by atoms with Crippen molar-refractivity contribution in [2.75, 3.05) is 7.11 Å². The van der Waals surface area contributed by atoms with Gasteiger partial charge in [0, 0.05) is 6.04 Å². The topological polar surface area (TPSA) is 38.3 Å². The van der Waals surface area contributed by atoms with Crippen LogP contribution in [0.2, 0.25) is 0 Å². The minimum absolute atomic E-state index is 0.132. The van der Waals surface area contributed by atoms with Crippen molar-refractivity contribution in [3.8, 4) is 0 Å². The summed E-state index contributed by atoms with van der Waals surface area (Å²) in [7, 11) is 1.45. The van der Waals surface area contributed by atoms with Crippen molar-refractivity contribution < 1.29 is 9.53 Å². The van der Waals surface area contributed by atoms with E-state index in [0.717, 1.165) is 6.42 Å². The Kier molecular flexibility index (Phi) is 3.53. The molecule has 82 valence electrons. The van der Waals surface area contributed by atoms with Crippen LogP contribution in [0.3, 0.4) is 0 Å². The fourth-order valence-electron chi connectivity index (χ4n) is 1.50. The lowest BCUT2D eigenvalue weighted by molar-refractivity contribution is -0.144. The maximum Gasteiger partial charge on any atom is 0.322 e. The zero-order valence-corrected chi connectivity index (χ0v) is 9.59. The summed E-state index contributed by atoms with van der Waals surface area (Å²) in [5.74, 6) is -0.133. The number of methoxy groups -OCH3 is 1. The molecule has 1 N–H and O–H groups in total. The first-order valence-electron chi connectivity index (χ1n) is 5.26. The van der Waals surface area contributed by atoms with Gasteiger partial charge in [-0.2, -0.15) is 0 Å². The molecule has 0 aromatic carbocycles. The zero-order valence-electron chi connectivity index (χ0n) is 9.59. The summed E-state index contributed by atoms with van der Waals surface area (Å²) in [5.41, 5.74) is 0.154. The van der Waals surface area contributed by atoms with Crippen molar-refractivity contribution in [3.05, 3.63) is 0 Å². The van der Waals surface area contributed by atoms with Gasteiger partial charge in [-0.15, -0.1) is 0 Å². The minimum Gasteiger partial charge on any atom is -0.468 e. The highest BCUT2D eigenvalue weighted by atomic mass is 16.5. The van der Waals surface area contributed by atoms with Crippen LogP contribution in [-0.2, 0) is 9.53 Å².